The lowest BCUT2D eigenvalue weighted by atomic mass is 9.88. The quantitative estimate of drug-likeness (QED) is 0.798. The lowest BCUT2D eigenvalue weighted by Gasteiger charge is -2.22. The maximum Gasteiger partial charge on any atom is 0.0412 e. The van der Waals surface area contributed by atoms with Crippen LogP contribution < -0.4 is 5.32 Å². The van der Waals surface area contributed by atoms with Crippen LogP contribution in [-0.2, 0) is 0 Å². The van der Waals surface area contributed by atoms with Crippen molar-refractivity contribution in [2.75, 3.05) is 7.05 Å². The first-order valence-electron chi connectivity index (χ1n) is 5.23. The molecule has 0 amide bonds. The van der Waals surface area contributed by atoms with Gasteiger partial charge in [0.25, 0.3) is 0 Å². The second-order valence-electron chi connectivity index (χ2n) is 4.96. The van der Waals surface area contributed by atoms with Gasteiger partial charge in [-0.25, -0.2) is 0 Å². The van der Waals surface area contributed by atoms with Gasteiger partial charge in [-0.3, -0.25) is 0 Å². The average Bonchev–Trinajstić information content (AvgIpc) is 2.56. The van der Waals surface area contributed by atoms with Gasteiger partial charge in [0.05, 0.1) is 0 Å². The van der Waals surface area contributed by atoms with Crippen LogP contribution in [0, 0.1) is 5.41 Å². The van der Waals surface area contributed by atoms with Crippen molar-refractivity contribution in [3.63, 3.8) is 0 Å². The van der Waals surface area contributed by atoms with E-state index >= 15 is 0 Å². The number of hydrogen-bond donors (Lipinski definition) is 1. The molecule has 0 saturated carbocycles. The Bertz CT molecular complexity index is 246. The second-order valence-corrected chi connectivity index (χ2v) is 5.94. The van der Waals surface area contributed by atoms with Crippen LogP contribution in [0.25, 0.3) is 0 Å². The molecule has 1 nitrogen and oxygen atoms in total. The summed E-state index contributed by atoms with van der Waals surface area (Å²) < 4.78 is 0. The third-order valence-corrected chi connectivity index (χ3v) is 3.40. The van der Waals surface area contributed by atoms with Crippen molar-refractivity contribution in [1.82, 2.24) is 5.32 Å². The molecule has 14 heavy (non-hydrogen) atoms. The molecule has 1 aromatic rings. The normalized spacial score (nSPS) is 14.3. The van der Waals surface area contributed by atoms with E-state index in [9.17, 15) is 0 Å². The lowest BCUT2D eigenvalue weighted by Crippen LogP contribution is -2.17. The van der Waals surface area contributed by atoms with Gasteiger partial charge in [-0.2, -0.15) is 0 Å². The molecule has 1 atom stereocenters. The van der Waals surface area contributed by atoms with Gasteiger partial charge < -0.3 is 5.32 Å². The van der Waals surface area contributed by atoms with Crippen LogP contribution in [-0.4, -0.2) is 7.05 Å². The largest absolute Gasteiger partial charge is 0.312 e. The molecular formula is C12H21NS. The summed E-state index contributed by atoms with van der Waals surface area (Å²) >= 11 is 1.84. The summed E-state index contributed by atoms with van der Waals surface area (Å²) in [4.78, 5) is 1.46. The molecule has 1 heterocycles. The maximum atomic E-state index is 3.39. The van der Waals surface area contributed by atoms with Gasteiger partial charge in [0, 0.05) is 10.9 Å². The highest BCUT2D eigenvalue weighted by Crippen LogP contribution is 2.28. The molecule has 80 valence electrons. The minimum Gasteiger partial charge on any atom is -0.312 e. The fraction of sp³-hybridized carbons (Fsp3) is 0.667. The fourth-order valence-corrected chi connectivity index (χ4v) is 2.37. The van der Waals surface area contributed by atoms with Crippen LogP contribution in [0.15, 0.2) is 17.5 Å². The van der Waals surface area contributed by atoms with Crippen molar-refractivity contribution >= 4 is 11.3 Å². The standard InChI is InChI=1S/C12H21NS/c1-12(2,3)8-7-10(13-4)11-6-5-9-14-11/h5-6,9-10,13H,7-8H2,1-4H3. The summed E-state index contributed by atoms with van der Waals surface area (Å²) in [5.41, 5.74) is 0.437. The van der Waals surface area contributed by atoms with Gasteiger partial charge in [0.1, 0.15) is 0 Å². The van der Waals surface area contributed by atoms with Gasteiger partial charge in [-0.05, 0) is 36.8 Å². The van der Waals surface area contributed by atoms with Crippen LogP contribution in [0.5, 0.6) is 0 Å². The first-order valence-corrected chi connectivity index (χ1v) is 6.11. The van der Waals surface area contributed by atoms with Crippen LogP contribution in [0.4, 0.5) is 0 Å². The number of rotatable bonds is 4. The van der Waals surface area contributed by atoms with Crippen LogP contribution in [0.3, 0.4) is 0 Å². The molecule has 1 N–H and O–H groups in total. The fourth-order valence-electron chi connectivity index (χ4n) is 1.50. The van der Waals surface area contributed by atoms with Crippen molar-refractivity contribution in [3.8, 4) is 0 Å². The minimum absolute atomic E-state index is 0.437. The molecule has 0 radical (unpaired) electrons. The topological polar surface area (TPSA) is 12.0 Å². The number of nitrogens with one attached hydrogen (secondary N) is 1. The molecule has 0 saturated heterocycles. The molecule has 1 unspecified atom stereocenters. The van der Waals surface area contributed by atoms with Crippen molar-refractivity contribution in [1.29, 1.82) is 0 Å². The molecule has 1 aromatic heterocycles. The summed E-state index contributed by atoms with van der Waals surface area (Å²) in [6, 6.07) is 4.88. The van der Waals surface area contributed by atoms with E-state index in [1.807, 2.05) is 18.4 Å². The molecule has 0 spiro atoms. The van der Waals surface area contributed by atoms with E-state index in [0.29, 0.717) is 11.5 Å². The van der Waals surface area contributed by atoms with E-state index in [4.69, 9.17) is 0 Å². The van der Waals surface area contributed by atoms with Crippen LogP contribution in [0.2, 0.25) is 0 Å². The van der Waals surface area contributed by atoms with Crippen molar-refractivity contribution in [2.24, 2.45) is 5.41 Å². The maximum absolute atomic E-state index is 3.39. The molecule has 0 fully saturated rings. The van der Waals surface area contributed by atoms with Crippen molar-refractivity contribution in [2.45, 2.75) is 39.7 Å². The van der Waals surface area contributed by atoms with E-state index in [-0.39, 0.29) is 0 Å². The van der Waals surface area contributed by atoms with E-state index in [0.717, 1.165) is 0 Å². The van der Waals surface area contributed by atoms with E-state index < -0.39 is 0 Å². The molecule has 0 aliphatic carbocycles. The number of thiophene rings is 1. The molecule has 0 bridgehead atoms. The average molecular weight is 211 g/mol. The summed E-state index contributed by atoms with van der Waals surface area (Å²) in [5, 5.41) is 5.54. The number of hydrogen-bond acceptors (Lipinski definition) is 2. The first-order chi connectivity index (χ1) is 6.53. The molecule has 0 aliphatic rings. The zero-order valence-electron chi connectivity index (χ0n) is 9.63. The molecule has 0 aliphatic heterocycles. The summed E-state index contributed by atoms with van der Waals surface area (Å²) in [5.74, 6) is 0. The summed E-state index contributed by atoms with van der Waals surface area (Å²) in [7, 11) is 2.05. The van der Waals surface area contributed by atoms with E-state index in [1.165, 1.54) is 17.7 Å². The van der Waals surface area contributed by atoms with Gasteiger partial charge in [-0.1, -0.05) is 26.8 Å². The SMILES string of the molecule is CNC(CCC(C)(C)C)c1cccs1. The summed E-state index contributed by atoms with van der Waals surface area (Å²) in [6.07, 6.45) is 2.48. The second kappa shape index (κ2) is 4.94. The monoisotopic (exact) mass is 211 g/mol. The van der Waals surface area contributed by atoms with E-state index in [2.05, 4.69) is 43.6 Å². The highest BCUT2D eigenvalue weighted by atomic mass is 32.1. The highest BCUT2D eigenvalue weighted by molar-refractivity contribution is 7.10. The molecule has 1 rings (SSSR count). The van der Waals surface area contributed by atoms with Crippen LogP contribution in [0.1, 0.15) is 44.5 Å². The van der Waals surface area contributed by atoms with Crippen LogP contribution >= 0.6 is 11.3 Å². The van der Waals surface area contributed by atoms with Gasteiger partial charge in [0.2, 0.25) is 0 Å². The first kappa shape index (κ1) is 11.7. The minimum atomic E-state index is 0.437. The Morgan fingerprint density at radius 2 is 2.14 bits per heavy atom. The highest BCUT2D eigenvalue weighted by Gasteiger charge is 2.15. The van der Waals surface area contributed by atoms with Gasteiger partial charge in [0.15, 0.2) is 0 Å². The molecule has 2 heteroatoms. The van der Waals surface area contributed by atoms with Gasteiger partial charge >= 0.3 is 0 Å². The smallest absolute Gasteiger partial charge is 0.0412 e. The Kier molecular flexibility index (Phi) is 4.14. The third kappa shape index (κ3) is 3.81. The predicted octanol–water partition coefficient (Wildman–Crippen LogP) is 3.83. The van der Waals surface area contributed by atoms with Crippen molar-refractivity contribution < 1.29 is 0 Å². The van der Waals surface area contributed by atoms with Crippen molar-refractivity contribution in [3.05, 3.63) is 22.4 Å². The zero-order chi connectivity index (χ0) is 10.6. The molecule has 0 aromatic carbocycles. The predicted molar refractivity (Wildman–Crippen MR) is 64.8 cm³/mol. The Hall–Kier alpha value is -0.340. The Morgan fingerprint density at radius 3 is 2.57 bits per heavy atom. The third-order valence-electron chi connectivity index (χ3n) is 2.42. The summed E-state index contributed by atoms with van der Waals surface area (Å²) in [6.45, 7) is 6.90. The van der Waals surface area contributed by atoms with Gasteiger partial charge in [-0.15, -0.1) is 11.3 Å². The zero-order valence-corrected chi connectivity index (χ0v) is 10.4. The lowest BCUT2D eigenvalue weighted by molar-refractivity contribution is 0.339. The Labute approximate surface area is 91.5 Å². The Morgan fingerprint density at radius 1 is 1.43 bits per heavy atom. The molecular weight excluding hydrogens is 190 g/mol. The Balaban J connectivity index is 2.49. The van der Waals surface area contributed by atoms with E-state index in [1.54, 1.807) is 0 Å².